The number of rotatable bonds is 3. The predicted octanol–water partition coefficient (Wildman–Crippen LogP) is 2.95. The first kappa shape index (κ1) is 12.0. The summed E-state index contributed by atoms with van der Waals surface area (Å²) in [7, 11) is 0. The zero-order chi connectivity index (χ0) is 13.0. The van der Waals surface area contributed by atoms with Crippen molar-refractivity contribution in [2.24, 2.45) is 0 Å². The van der Waals surface area contributed by atoms with Gasteiger partial charge < -0.3 is 14.8 Å². The Bertz CT molecular complexity index is 571. The Labute approximate surface area is 105 Å². The highest BCUT2D eigenvalue weighted by Gasteiger charge is 2.02. The van der Waals surface area contributed by atoms with E-state index < -0.39 is 0 Å². The lowest BCUT2D eigenvalue weighted by Crippen LogP contribution is -2.08. The van der Waals surface area contributed by atoms with Crippen LogP contribution >= 0.6 is 0 Å². The molecule has 1 heterocycles. The van der Waals surface area contributed by atoms with Crippen molar-refractivity contribution in [3.05, 3.63) is 54.0 Å². The van der Waals surface area contributed by atoms with Gasteiger partial charge in [-0.25, -0.2) is 0 Å². The molecule has 0 fully saturated rings. The highest BCUT2D eigenvalue weighted by atomic mass is 16.3. The summed E-state index contributed by atoms with van der Waals surface area (Å²) in [6.45, 7) is 1.81. The van der Waals surface area contributed by atoms with Crippen LogP contribution in [0.5, 0.6) is 5.75 Å². The lowest BCUT2D eigenvalue weighted by molar-refractivity contribution is -0.111. The molecule has 1 aromatic heterocycles. The number of carbonyl (C=O) groups excluding carboxylic acids is 1. The Morgan fingerprint density at radius 1 is 1.39 bits per heavy atom. The summed E-state index contributed by atoms with van der Waals surface area (Å²) in [5.41, 5.74) is 1.47. The fourth-order valence-corrected chi connectivity index (χ4v) is 1.51. The maximum Gasteiger partial charge on any atom is 0.248 e. The molecule has 92 valence electrons. The summed E-state index contributed by atoms with van der Waals surface area (Å²) < 4.78 is 5.07. The van der Waals surface area contributed by atoms with Crippen LogP contribution in [0.2, 0.25) is 0 Å². The quantitative estimate of drug-likeness (QED) is 0.643. The van der Waals surface area contributed by atoms with E-state index in [-0.39, 0.29) is 11.7 Å². The van der Waals surface area contributed by atoms with E-state index in [2.05, 4.69) is 5.32 Å². The van der Waals surface area contributed by atoms with E-state index in [0.717, 1.165) is 5.56 Å². The fraction of sp³-hybridized carbons (Fsp3) is 0.0714. The molecular weight excluding hydrogens is 230 g/mol. The molecule has 4 nitrogen and oxygen atoms in total. The lowest BCUT2D eigenvalue weighted by Gasteiger charge is -2.06. The van der Waals surface area contributed by atoms with E-state index in [4.69, 9.17) is 4.42 Å². The van der Waals surface area contributed by atoms with E-state index in [0.29, 0.717) is 11.4 Å². The van der Waals surface area contributed by atoms with Gasteiger partial charge in [-0.2, -0.15) is 0 Å². The fourth-order valence-electron chi connectivity index (χ4n) is 1.51. The molecule has 0 saturated carbocycles. The Balaban J connectivity index is 2.03. The molecule has 1 amide bonds. The summed E-state index contributed by atoms with van der Waals surface area (Å²) in [6, 6.07) is 8.28. The van der Waals surface area contributed by atoms with Crippen LogP contribution < -0.4 is 5.32 Å². The Hall–Kier alpha value is -2.49. The minimum atomic E-state index is -0.250. The summed E-state index contributed by atoms with van der Waals surface area (Å²) >= 11 is 0. The van der Waals surface area contributed by atoms with Crippen molar-refractivity contribution in [2.75, 3.05) is 5.32 Å². The van der Waals surface area contributed by atoms with Gasteiger partial charge in [0.25, 0.3) is 0 Å². The smallest absolute Gasteiger partial charge is 0.248 e. The molecule has 0 saturated heterocycles. The summed E-state index contributed by atoms with van der Waals surface area (Å²) in [4.78, 5) is 11.6. The van der Waals surface area contributed by atoms with E-state index in [1.807, 2.05) is 6.92 Å². The maximum atomic E-state index is 11.6. The lowest BCUT2D eigenvalue weighted by atomic mass is 10.2. The number of hydrogen-bond donors (Lipinski definition) is 2. The van der Waals surface area contributed by atoms with Crippen molar-refractivity contribution in [3.8, 4) is 5.75 Å². The summed E-state index contributed by atoms with van der Waals surface area (Å²) in [6.07, 6.45) is 4.53. The van der Waals surface area contributed by atoms with Gasteiger partial charge in [-0.05, 0) is 48.9 Å². The molecule has 0 aliphatic heterocycles. The van der Waals surface area contributed by atoms with Crippen LogP contribution in [0.4, 0.5) is 5.69 Å². The van der Waals surface area contributed by atoms with E-state index >= 15 is 0 Å². The second-order valence-electron chi connectivity index (χ2n) is 3.84. The average molecular weight is 243 g/mol. The normalized spacial score (nSPS) is 10.7. The van der Waals surface area contributed by atoms with Gasteiger partial charge in [0.05, 0.1) is 6.26 Å². The molecule has 0 unspecified atom stereocenters. The number of phenols is 1. The standard InChI is InChI=1S/C14H13NO3/c1-10-9-11(16)4-6-13(10)15-14(17)7-5-12-3-2-8-18-12/h2-9,16H,1H3,(H,15,17). The first-order chi connectivity index (χ1) is 8.65. The zero-order valence-corrected chi connectivity index (χ0v) is 9.88. The van der Waals surface area contributed by atoms with Gasteiger partial charge in [-0.15, -0.1) is 0 Å². The maximum absolute atomic E-state index is 11.6. The monoisotopic (exact) mass is 243 g/mol. The van der Waals surface area contributed by atoms with Gasteiger partial charge in [0.2, 0.25) is 5.91 Å². The molecule has 18 heavy (non-hydrogen) atoms. The van der Waals surface area contributed by atoms with Crippen molar-refractivity contribution < 1.29 is 14.3 Å². The Kier molecular flexibility index (Phi) is 3.48. The number of phenolic OH excluding ortho intramolecular Hbond substituents is 1. The van der Waals surface area contributed by atoms with Crippen LogP contribution in [-0.2, 0) is 4.79 Å². The molecule has 0 bridgehead atoms. The van der Waals surface area contributed by atoms with E-state index in [1.54, 1.807) is 36.6 Å². The van der Waals surface area contributed by atoms with Crippen molar-refractivity contribution >= 4 is 17.7 Å². The molecule has 0 aliphatic carbocycles. The van der Waals surface area contributed by atoms with Crippen molar-refractivity contribution in [2.45, 2.75) is 6.92 Å². The van der Waals surface area contributed by atoms with Gasteiger partial charge in [-0.1, -0.05) is 0 Å². The average Bonchev–Trinajstić information content (AvgIpc) is 2.83. The molecule has 1 aromatic carbocycles. The highest BCUT2D eigenvalue weighted by Crippen LogP contribution is 2.20. The Morgan fingerprint density at radius 3 is 2.89 bits per heavy atom. The summed E-state index contributed by atoms with van der Waals surface area (Å²) in [5.74, 6) is 0.546. The topological polar surface area (TPSA) is 62.5 Å². The molecule has 2 N–H and O–H groups in total. The number of aryl methyl sites for hydroxylation is 1. The molecule has 4 heteroatoms. The van der Waals surface area contributed by atoms with Gasteiger partial charge >= 0.3 is 0 Å². The third kappa shape index (κ3) is 3.01. The number of benzene rings is 1. The van der Waals surface area contributed by atoms with Gasteiger partial charge in [-0.3, -0.25) is 4.79 Å². The highest BCUT2D eigenvalue weighted by molar-refractivity contribution is 6.02. The van der Waals surface area contributed by atoms with Crippen molar-refractivity contribution in [1.29, 1.82) is 0 Å². The second kappa shape index (κ2) is 5.23. The van der Waals surface area contributed by atoms with Crippen LogP contribution in [0.3, 0.4) is 0 Å². The molecule has 2 aromatic rings. The number of aromatic hydroxyl groups is 1. The molecule has 0 atom stereocenters. The first-order valence-electron chi connectivity index (χ1n) is 5.47. The predicted molar refractivity (Wildman–Crippen MR) is 69.2 cm³/mol. The minimum Gasteiger partial charge on any atom is -0.508 e. The molecule has 0 aliphatic rings. The number of carbonyl (C=O) groups is 1. The van der Waals surface area contributed by atoms with Crippen LogP contribution in [0.25, 0.3) is 6.08 Å². The number of anilines is 1. The molecular formula is C14H13NO3. The van der Waals surface area contributed by atoms with Gasteiger partial charge in [0.15, 0.2) is 0 Å². The third-order valence-electron chi connectivity index (χ3n) is 2.41. The molecule has 0 spiro atoms. The van der Waals surface area contributed by atoms with Crippen molar-refractivity contribution in [3.63, 3.8) is 0 Å². The zero-order valence-electron chi connectivity index (χ0n) is 9.88. The van der Waals surface area contributed by atoms with Crippen LogP contribution in [0.15, 0.2) is 47.1 Å². The van der Waals surface area contributed by atoms with Crippen LogP contribution in [0, 0.1) is 6.92 Å². The number of amides is 1. The van der Waals surface area contributed by atoms with Crippen LogP contribution in [0.1, 0.15) is 11.3 Å². The number of nitrogens with one attached hydrogen (secondary N) is 1. The Morgan fingerprint density at radius 2 is 2.22 bits per heavy atom. The van der Waals surface area contributed by atoms with Gasteiger partial charge in [0.1, 0.15) is 11.5 Å². The van der Waals surface area contributed by atoms with Gasteiger partial charge in [0, 0.05) is 11.8 Å². The largest absolute Gasteiger partial charge is 0.508 e. The molecule has 2 rings (SSSR count). The summed E-state index contributed by atoms with van der Waals surface area (Å²) in [5, 5.41) is 12.0. The molecule has 0 radical (unpaired) electrons. The van der Waals surface area contributed by atoms with E-state index in [9.17, 15) is 9.90 Å². The number of hydrogen-bond acceptors (Lipinski definition) is 3. The van der Waals surface area contributed by atoms with E-state index in [1.165, 1.54) is 12.1 Å². The SMILES string of the molecule is Cc1cc(O)ccc1NC(=O)C=Cc1ccco1. The minimum absolute atomic E-state index is 0.177. The first-order valence-corrected chi connectivity index (χ1v) is 5.47. The van der Waals surface area contributed by atoms with Crippen LogP contribution in [-0.4, -0.2) is 11.0 Å². The third-order valence-corrected chi connectivity index (χ3v) is 2.41. The number of furan rings is 1. The second-order valence-corrected chi connectivity index (χ2v) is 3.84. The van der Waals surface area contributed by atoms with Crippen molar-refractivity contribution in [1.82, 2.24) is 0 Å².